The molecular formula is C14H22BO3. The zero-order valence-electron chi connectivity index (χ0n) is 11.9. The summed E-state index contributed by atoms with van der Waals surface area (Å²) in [6.45, 7) is 8.00. The summed E-state index contributed by atoms with van der Waals surface area (Å²) >= 11 is 0. The highest BCUT2D eigenvalue weighted by molar-refractivity contribution is 6.47. The minimum atomic E-state index is -0.447. The van der Waals surface area contributed by atoms with Crippen molar-refractivity contribution < 1.29 is 14.5 Å². The minimum Gasteiger partial charge on any atom is -0.427 e. The fourth-order valence-electron chi connectivity index (χ4n) is 1.37. The number of aliphatic hydroxyl groups excluding tert-OH is 1. The third-order valence-electron chi connectivity index (χ3n) is 3.58. The molecule has 0 bridgehead atoms. The summed E-state index contributed by atoms with van der Waals surface area (Å²) in [5, 5.41) is 9.08. The first-order valence-corrected chi connectivity index (χ1v) is 6.08. The molecule has 0 spiro atoms. The molecular weight excluding hydrogens is 227 g/mol. The van der Waals surface area contributed by atoms with E-state index in [0.29, 0.717) is 0 Å². The normalized spacial score (nSPS) is 12.6. The van der Waals surface area contributed by atoms with Crippen molar-refractivity contribution in [2.24, 2.45) is 0 Å². The van der Waals surface area contributed by atoms with Gasteiger partial charge in [-0.3, -0.25) is 0 Å². The molecule has 1 radical (unpaired) electrons. The molecule has 1 aromatic carbocycles. The zero-order chi connectivity index (χ0) is 13.8. The third kappa shape index (κ3) is 3.58. The molecule has 3 nitrogen and oxygen atoms in total. The van der Waals surface area contributed by atoms with Crippen molar-refractivity contribution in [2.45, 2.75) is 45.5 Å². The number of rotatable bonds is 6. The van der Waals surface area contributed by atoms with Crippen molar-refractivity contribution in [2.75, 3.05) is 7.11 Å². The summed E-state index contributed by atoms with van der Waals surface area (Å²) in [4.78, 5) is 0. The molecule has 4 heteroatoms. The fourth-order valence-corrected chi connectivity index (χ4v) is 1.37. The van der Waals surface area contributed by atoms with Crippen LogP contribution >= 0.6 is 0 Å². The molecule has 0 aliphatic carbocycles. The molecule has 1 aromatic rings. The molecule has 0 aliphatic rings. The lowest BCUT2D eigenvalue weighted by atomic mass is 9.82. The van der Waals surface area contributed by atoms with E-state index >= 15 is 0 Å². The predicted molar refractivity (Wildman–Crippen MR) is 74.0 cm³/mol. The maximum Gasteiger partial charge on any atom is 0.330 e. The number of benzene rings is 1. The molecule has 1 N–H and O–H groups in total. The Morgan fingerprint density at radius 3 is 2.39 bits per heavy atom. The molecule has 99 valence electrons. The van der Waals surface area contributed by atoms with Crippen molar-refractivity contribution in [3.05, 3.63) is 29.8 Å². The fraction of sp³-hybridized carbons (Fsp3) is 0.571. The van der Waals surface area contributed by atoms with Gasteiger partial charge in [-0.25, -0.2) is 0 Å². The van der Waals surface area contributed by atoms with Gasteiger partial charge in [-0.15, -0.1) is 0 Å². The van der Waals surface area contributed by atoms with Gasteiger partial charge in [-0.2, -0.15) is 0 Å². The Balaban J connectivity index is 2.69. The smallest absolute Gasteiger partial charge is 0.330 e. The van der Waals surface area contributed by atoms with Gasteiger partial charge in [0.05, 0.1) is 17.8 Å². The molecule has 0 aromatic heterocycles. The van der Waals surface area contributed by atoms with Gasteiger partial charge in [-0.1, -0.05) is 29.7 Å². The second-order valence-corrected chi connectivity index (χ2v) is 5.36. The van der Waals surface area contributed by atoms with E-state index in [0.717, 1.165) is 11.0 Å². The van der Waals surface area contributed by atoms with Crippen molar-refractivity contribution in [3.8, 4) is 0 Å². The Kier molecular flexibility index (Phi) is 4.96. The molecule has 0 unspecified atom stereocenters. The monoisotopic (exact) mass is 249 g/mol. The molecule has 0 amide bonds. The van der Waals surface area contributed by atoms with E-state index in [-0.39, 0.29) is 6.61 Å². The van der Waals surface area contributed by atoms with Crippen molar-refractivity contribution in [1.29, 1.82) is 0 Å². The van der Waals surface area contributed by atoms with E-state index in [1.165, 1.54) is 0 Å². The van der Waals surface area contributed by atoms with Crippen LogP contribution in [0.1, 0.15) is 33.3 Å². The van der Waals surface area contributed by atoms with Gasteiger partial charge >= 0.3 is 7.48 Å². The molecule has 0 atom stereocenters. The van der Waals surface area contributed by atoms with Crippen LogP contribution in [0, 0.1) is 0 Å². The summed E-state index contributed by atoms with van der Waals surface area (Å²) < 4.78 is 11.3. The molecule has 0 saturated carbocycles. The van der Waals surface area contributed by atoms with E-state index in [4.69, 9.17) is 14.5 Å². The average Bonchev–Trinajstić information content (AvgIpc) is 2.36. The molecule has 0 fully saturated rings. The van der Waals surface area contributed by atoms with Crippen LogP contribution in [-0.4, -0.2) is 30.9 Å². The van der Waals surface area contributed by atoms with Crippen molar-refractivity contribution >= 4 is 12.9 Å². The van der Waals surface area contributed by atoms with Gasteiger partial charge in [-0.05, 0) is 33.3 Å². The second kappa shape index (κ2) is 5.87. The third-order valence-corrected chi connectivity index (χ3v) is 3.58. The Morgan fingerprint density at radius 2 is 1.83 bits per heavy atom. The number of aliphatic hydroxyl groups is 1. The van der Waals surface area contributed by atoms with E-state index in [2.05, 4.69) is 0 Å². The quantitative estimate of drug-likeness (QED) is 0.779. The first-order valence-electron chi connectivity index (χ1n) is 6.08. The van der Waals surface area contributed by atoms with Crippen LogP contribution in [-0.2, 0) is 16.0 Å². The Hall–Kier alpha value is -0.835. The molecule has 0 saturated heterocycles. The zero-order valence-corrected chi connectivity index (χ0v) is 11.9. The lowest BCUT2D eigenvalue weighted by Crippen LogP contribution is -2.50. The van der Waals surface area contributed by atoms with Gasteiger partial charge in [0.15, 0.2) is 0 Å². The summed E-state index contributed by atoms with van der Waals surface area (Å²) in [6, 6.07) is 7.61. The lowest BCUT2D eigenvalue weighted by Gasteiger charge is -2.40. The first kappa shape index (κ1) is 15.2. The van der Waals surface area contributed by atoms with Crippen molar-refractivity contribution in [3.63, 3.8) is 0 Å². The highest BCUT2D eigenvalue weighted by Gasteiger charge is 2.37. The average molecular weight is 249 g/mol. The largest absolute Gasteiger partial charge is 0.427 e. The lowest BCUT2D eigenvalue weighted by molar-refractivity contribution is -0.114. The molecule has 0 aliphatic heterocycles. The topological polar surface area (TPSA) is 38.7 Å². The maximum absolute atomic E-state index is 9.08. The summed E-state index contributed by atoms with van der Waals surface area (Å²) in [5.41, 5.74) is 0.965. The molecule has 1 rings (SSSR count). The Labute approximate surface area is 110 Å². The summed E-state index contributed by atoms with van der Waals surface area (Å²) in [7, 11) is 3.39. The number of hydrogen-bond acceptors (Lipinski definition) is 3. The van der Waals surface area contributed by atoms with Gasteiger partial charge in [0.1, 0.15) is 0 Å². The van der Waals surface area contributed by atoms with Gasteiger partial charge in [0.25, 0.3) is 0 Å². The molecule has 0 heterocycles. The van der Waals surface area contributed by atoms with Crippen LogP contribution in [0.5, 0.6) is 0 Å². The Bertz CT molecular complexity index is 388. The van der Waals surface area contributed by atoms with Gasteiger partial charge in [0.2, 0.25) is 0 Å². The van der Waals surface area contributed by atoms with Crippen LogP contribution in [0.25, 0.3) is 0 Å². The molecule has 18 heavy (non-hydrogen) atoms. The maximum atomic E-state index is 9.08. The summed E-state index contributed by atoms with van der Waals surface area (Å²) in [6.07, 6.45) is 0. The number of hydrogen-bond donors (Lipinski definition) is 1. The number of methoxy groups -OCH3 is 1. The van der Waals surface area contributed by atoms with Crippen LogP contribution in [0.3, 0.4) is 0 Å². The van der Waals surface area contributed by atoms with Crippen LogP contribution in [0.2, 0.25) is 0 Å². The van der Waals surface area contributed by atoms with Gasteiger partial charge in [0, 0.05) is 7.11 Å². The first-order chi connectivity index (χ1) is 8.32. The Morgan fingerprint density at radius 1 is 1.17 bits per heavy atom. The van der Waals surface area contributed by atoms with Crippen LogP contribution in [0.15, 0.2) is 24.3 Å². The van der Waals surface area contributed by atoms with Crippen LogP contribution in [0.4, 0.5) is 0 Å². The summed E-state index contributed by atoms with van der Waals surface area (Å²) in [5.74, 6) is 0. The highest BCUT2D eigenvalue weighted by Crippen LogP contribution is 2.27. The van der Waals surface area contributed by atoms with Gasteiger partial charge < -0.3 is 14.5 Å². The van der Waals surface area contributed by atoms with Crippen molar-refractivity contribution in [1.82, 2.24) is 0 Å². The van der Waals surface area contributed by atoms with E-state index < -0.39 is 11.2 Å². The van der Waals surface area contributed by atoms with E-state index in [1.807, 2.05) is 52.0 Å². The standard InChI is InChI=1S/C14H22BO3/c1-13(2,17-5)14(3,4)18-15-12-8-6-7-11(9-12)10-16/h6-9,16H,10H2,1-5H3. The van der Waals surface area contributed by atoms with E-state index in [1.54, 1.807) is 14.6 Å². The second-order valence-electron chi connectivity index (χ2n) is 5.36. The highest BCUT2D eigenvalue weighted by atomic mass is 16.5. The minimum absolute atomic E-state index is 0.0363. The predicted octanol–water partition coefficient (Wildman–Crippen LogP) is 1.64. The van der Waals surface area contributed by atoms with Crippen LogP contribution < -0.4 is 5.46 Å². The van der Waals surface area contributed by atoms with E-state index in [9.17, 15) is 0 Å². The SMILES string of the molecule is COC(C)(C)C(C)(C)O[B]c1cccc(CO)c1. The number of ether oxygens (including phenoxy) is 1.